The summed E-state index contributed by atoms with van der Waals surface area (Å²) in [7, 11) is -3.65. The Morgan fingerprint density at radius 3 is 2.31 bits per heavy atom. The molecule has 3 fully saturated rings. The molecule has 26 heavy (non-hydrogen) atoms. The monoisotopic (exact) mass is 391 g/mol. The maximum atomic E-state index is 11.8. The summed E-state index contributed by atoms with van der Waals surface area (Å²) in [5.41, 5.74) is 6.04. The summed E-state index contributed by atoms with van der Waals surface area (Å²) in [4.78, 5) is 11.4. The predicted octanol–water partition coefficient (Wildman–Crippen LogP) is 2.70. The standard InChI is InChI=1S/C18H33NO6S/c1-16(2,3)14-6-8-17(9-7-14)23-18(25-24-17)10-5-13(12-19)11-15(18)22-26(4,20)21/h13-15H,5-12,19H2,1-4H3. The van der Waals surface area contributed by atoms with Crippen molar-refractivity contribution < 1.29 is 27.1 Å². The highest BCUT2D eigenvalue weighted by Gasteiger charge is 2.60. The van der Waals surface area contributed by atoms with E-state index in [1.54, 1.807) is 0 Å². The number of nitrogens with two attached hydrogens (primary N) is 1. The third-order valence-corrected chi connectivity index (χ3v) is 6.81. The highest BCUT2D eigenvalue weighted by atomic mass is 32.2. The smallest absolute Gasteiger partial charge is 0.264 e. The first-order valence-corrected chi connectivity index (χ1v) is 11.4. The Bertz CT molecular complexity index is 608. The first-order valence-electron chi connectivity index (χ1n) is 9.62. The minimum absolute atomic E-state index is 0.188. The molecule has 1 saturated heterocycles. The lowest BCUT2D eigenvalue weighted by molar-refractivity contribution is -0.370. The summed E-state index contributed by atoms with van der Waals surface area (Å²) in [5, 5.41) is 0. The van der Waals surface area contributed by atoms with Crippen LogP contribution in [0.25, 0.3) is 0 Å². The van der Waals surface area contributed by atoms with E-state index in [9.17, 15) is 8.42 Å². The number of hydrogen-bond donors (Lipinski definition) is 1. The van der Waals surface area contributed by atoms with E-state index in [-0.39, 0.29) is 11.3 Å². The SMILES string of the molecule is CC(C)(C)C1CCC2(CC1)OOC1(CCC(CN)CC1OS(C)(=O)=O)O2. The molecule has 2 spiro atoms. The van der Waals surface area contributed by atoms with Gasteiger partial charge in [-0.15, -0.1) is 0 Å². The molecule has 7 nitrogen and oxygen atoms in total. The highest BCUT2D eigenvalue weighted by Crippen LogP contribution is 2.52. The van der Waals surface area contributed by atoms with Crippen LogP contribution in [0, 0.1) is 17.3 Å². The average Bonchev–Trinajstić information content (AvgIpc) is 2.87. The summed E-state index contributed by atoms with van der Waals surface area (Å²) >= 11 is 0. The van der Waals surface area contributed by atoms with Gasteiger partial charge in [-0.1, -0.05) is 20.8 Å². The minimum atomic E-state index is -3.65. The van der Waals surface area contributed by atoms with E-state index in [0.29, 0.717) is 25.3 Å². The molecule has 3 aliphatic rings. The molecule has 8 heteroatoms. The molecule has 152 valence electrons. The number of hydrogen-bond acceptors (Lipinski definition) is 7. The second-order valence-corrected chi connectivity index (χ2v) is 10.9. The molecule has 2 saturated carbocycles. The van der Waals surface area contributed by atoms with Crippen molar-refractivity contribution in [3.05, 3.63) is 0 Å². The van der Waals surface area contributed by atoms with E-state index in [1.165, 1.54) is 0 Å². The summed E-state index contributed by atoms with van der Waals surface area (Å²) in [6.45, 7) is 7.26. The third-order valence-electron chi connectivity index (χ3n) is 6.23. The van der Waals surface area contributed by atoms with Gasteiger partial charge in [0.2, 0.25) is 11.6 Å². The van der Waals surface area contributed by atoms with Crippen LogP contribution in [-0.2, 0) is 28.8 Å². The fourth-order valence-corrected chi connectivity index (χ4v) is 5.17. The Kier molecular flexibility index (Phi) is 5.49. The van der Waals surface area contributed by atoms with Crippen LogP contribution in [0.2, 0.25) is 0 Å². The molecule has 3 atom stereocenters. The zero-order chi connectivity index (χ0) is 19.2. The van der Waals surface area contributed by atoms with Crippen LogP contribution < -0.4 is 5.73 Å². The Hall–Kier alpha value is -0.250. The molecule has 0 aromatic carbocycles. The predicted molar refractivity (Wildman–Crippen MR) is 96.2 cm³/mol. The molecule has 2 N–H and O–H groups in total. The molecule has 0 aromatic heterocycles. The Labute approximate surface area is 156 Å². The maximum Gasteiger partial charge on any atom is 0.264 e. The van der Waals surface area contributed by atoms with Crippen LogP contribution in [-0.4, -0.2) is 38.9 Å². The average molecular weight is 392 g/mol. The van der Waals surface area contributed by atoms with Crippen molar-refractivity contribution in [2.75, 3.05) is 12.8 Å². The van der Waals surface area contributed by atoms with E-state index >= 15 is 0 Å². The van der Waals surface area contributed by atoms with Crippen LogP contribution in [0.5, 0.6) is 0 Å². The van der Waals surface area contributed by atoms with Crippen molar-refractivity contribution in [2.45, 2.75) is 83.4 Å². The highest BCUT2D eigenvalue weighted by molar-refractivity contribution is 7.86. The van der Waals surface area contributed by atoms with Crippen LogP contribution in [0.4, 0.5) is 0 Å². The second kappa shape index (κ2) is 6.97. The molecule has 1 heterocycles. The van der Waals surface area contributed by atoms with E-state index in [2.05, 4.69) is 20.8 Å². The van der Waals surface area contributed by atoms with Gasteiger partial charge in [0.15, 0.2) is 0 Å². The van der Waals surface area contributed by atoms with Crippen molar-refractivity contribution in [1.29, 1.82) is 0 Å². The minimum Gasteiger partial charge on any atom is -0.330 e. The van der Waals surface area contributed by atoms with Gasteiger partial charge in [-0.2, -0.15) is 18.2 Å². The van der Waals surface area contributed by atoms with E-state index < -0.39 is 27.8 Å². The Morgan fingerprint density at radius 2 is 1.77 bits per heavy atom. The molecular formula is C18H33NO6S. The van der Waals surface area contributed by atoms with Gasteiger partial charge < -0.3 is 10.5 Å². The van der Waals surface area contributed by atoms with Gasteiger partial charge in [0.05, 0.1) is 6.26 Å². The Morgan fingerprint density at radius 1 is 1.12 bits per heavy atom. The number of ether oxygens (including phenoxy) is 1. The summed E-state index contributed by atoms with van der Waals surface area (Å²) in [5.74, 6) is -1.17. The summed E-state index contributed by atoms with van der Waals surface area (Å²) in [6, 6.07) is 0. The first kappa shape index (κ1) is 20.5. The van der Waals surface area contributed by atoms with Gasteiger partial charge >= 0.3 is 0 Å². The van der Waals surface area contributed by atoms with Gasteiger partial charge in [0.1, 0.15) is 6.10 Å². The quantitative estimate of drug-likeness (QED) is 0.583. The van der Waals surface area contributed by atoms with Crippen LogP contribution in [0.1, 0.15) is 65.7 Å². The van der Waals surface area contributed by atoms with Crippen molar-refractivity contribution in [3.8, 4) is 0 Å². The van der Waals surface area contributed by atoms with Gasteiger partial charge in [-0.05, 0) is 49.5 Å². The van der Waals surface area contributed by atoms with Gasteiger partial charge in [-0.25, -0.2) is 0 Å². The van der Waals surface area contributed by atoms with Gasteiger partial charge in [0, 0.05) is 19.3 Å². The second-order valence-electron chi connectivity index (χ2n) is 9.30. The molecule has 3 unspecified atom stereocenters. The lowest BCUT2D eigenvalue weighted by Gasteiger charge is -2.42. The van der Waals surface area contributed by atoms with E-state index in [1.807, 2.05) is 0 Å². The van der Waals surface area contributed by atoms with Crippen LogP contribution >= 0.6 is 0 Å². The molecule has 2 aliphatic carbocycles. The molecule has 3 rings (SSSR count). The molecule has 0 amide bonds. The first-order chi connectivity index (χ1) is 12.0. The van der Waals surface area contributed by atoms with Crippen LogP contribution in [0.3, 0.4) is 0 Å². The van der Waals surface area contributed by atoms with Crippen LogP contribution in [0.15, 0.2) is 0 Å². The fraction of sp³-hybridized carbons (Fsp3) is 1.00. The third kappa shape index (κ3) is 4.25. The fourth-order valence-electron chi connectivity index (χ4n) is 4.52. The van der Waals surface area contributed by atoms with Crippen molar-refractivity contribution >= 4 is 10.1 Å². The zero-order valence-electron chi connectivity index (χ0n) is 16.3. The van der Waals surface area contributed by atoms with Gasteiger partial charge in [-0.3, -0.25) is 4.18 Å². The topological polar surface area (TPSA) is 97.1 Å². The summed E-state index contributed by atoms with van der Waals surface area (Å²) in [6.07, 6.45) is 5.56. The lowest BCUT2D eigenvalue weighted by atomic mass is 9.71. The molecule has 0 aromatic rings. The molecular weight excluding hydrogens is 358 g/mol. The summed E-state index contributed by atoms with van der Waals surface area (Å²) < 4.78 is 35.2. The van der Waals surface area contributed by atoms with E-state index in [0.717, 1.165) is 38.4 Å². The lowest BCUT2D eigenvalue weighted by Crippen LogP contribution is -2.52. The van der Waals surface area contributed by atoms with Gasteiger partial charge in [0.25, 0.3) is 10.1 Å². The Balaban J connectivity index is 1.74. The molecule has 0 radical (unpaired) electrons. The molecule has 1 aliphatic heterocycles. The normalized spacial score (nSPS) is 41.8. The van der Waals surface area contributed by atoms with E-state index in [4.69, 9.17) is 24.4 Å². The van der Waals surface area contributed by atoms with Crippen molar-refractivity contribution in [3.63, 3.8) is 0 Å². The maximum absolute atomic E-state index is 11.8. The van der Waals surface area contributed by atoms with Crippen molar-refractivity contribution in [2.24, 2.45) is 23.0 Å². The van der Waals surface area contributed by atoms with Crippen molar-refractivity contribution in [1.82, 2.24) is 0 Å². The largest absolute Gasteiger partial charge is 0.330 e. The number of rotatable bonds is 3. The molecule has 0 bridgehead atoms. The zero-order valence-corrected chi connectivity index (χ0v) is 17.1.